The lowest BCUT2D eigenvalue weighted by molar-refractivity contribution is 0.196. The van der Waals surface area contributed by atoms with Crippen LogP contribution in [0.25, 0.3) is 0 Å². The van der Waals surface area contributed by atoms with Crippen LogP contribution >= 0.6 is 0 Å². The van der Waals surface area contributed by atoms with Gasteiger partial charge in [0.15, 0.2) is 0 Å². The zero-order chi connectivity index (χ0) is 20.9. The molecule has 170 valence electrons. The van der Waals surface area contributed by atoms with E-state index in [1.807, 2.05) is 0 Å². The number of rotatable bonds is 22. The van der Waals surface area contributed by atoms with E-state index in [9.17, 15) is 14.8 Å². The molecule has 0 aromatic rings. The van der Waals surface area contributed by atoms with Crippen molar-refractivity contribution >= 4 is 11.2 Å². The molecule has 2 N–H and O–H groups in total. The highest BCUT2D eigenvalue weighted by Crippen LogP contribution is 2.19. The van der Waals surface area contributed by atoms with Gasteiger partial charge in [-0.3, -0.25) is 0 Å². The summed E-state index contributed by atoms with van der Waals surface area (Å²) >= 11 is -1.52. The minimum atomic E-state index is -1.52. The fourth-order valence-electron chi connectivity index (χ4n) is 3.67. The third-order valence-electron chi connectivity index (χ3n) is 5.65. The average Bonchev–Trinajstić information content (AvgIpc) is 2.70. The van der Waals surface area contributed by atoms with Crippen molar-refractivity contribution in [3.63, 3.8) is 0 Å². The highest BCUT2D eigenvalue weighted by atomic mass is 32.2. The molecule has 0 aromatic heterocycles. The summed E-state index contributed by atoms with van der Waals surface area (Å²) in [5.41, 5.74) is -1.73. The second-order valence-electron chi connectivity index (χ2n) is 8.47. The predicted molar refractivity (Wildman–Crippen MR) is 124 cm³/mol. The van der Waals surface area contributed by atoms with Gasteiger partial charge in [0, 0.05) is 24.0 Å². The number of hydrogen-bond acceptors (Lipinski definition) is 3. The van der Waals surface area contributed by atoms with Crippen molar-refractivity contribution in [1.82, 2.24) is 0 Å². The molecule has 0 fully saturated rings. The predicted octanol–water partition coefficient (Wildman–Crippen LogP) is 7.21. The van der Waals surface area contributed by atoms with Crippen LogP contribution in [0.4, 0.5) is 0 Å². The topological polar surface area (TPSA) is 63.5 Å². The molecule has 0 aromatic carbocycles. The summed E-state index contributed by atoms with van der Waals surface area (Å²) in [6.07, 6.45) is 23.3. The molecule has 0 saturated heterocycles. The summed E-state index contributed by atoms with van der Waals surface area (Å²) in [6.45, 7) is 4.48. The number of hydrogen-bond donors (Lipinski definition) is 2. The van der Waals surface area contributed by atoms with E-state index in [4.69, 9.17) is 0 Å². The third kappa shape index (κ3) is 18.3. The van der Waals surface area contributed by atoms with Gasteiger partial charge in [-0.1, -0.05) is 117 Å². The maximum Gasteiger partial charge on any atom is 0.215 e. The Labute approximate surface area is 179 Å². The molecule has 0 aliphatic heterocycles. The molecule has 0 saturated carbocycles. The normalized spacial score (nSPS) is 14.9. The molecule has 0 bridgehead atoms. The van der Waals surface area contributed by atoms with Crippen molar-refractivity contribution in [2.24, 2.45) is 0 Å². The van der Waals surface area contributed by atoms with Gasteiger partial charge in [0.05, 0.1) is 0 Å². The number of aliphatic hydroxyl groups excluding tert-OH is 2. The Morgan fingerprint density at radius 3 is 1.04 bits per heavy atom. The molecule has 0 aliphatic rings. The van der Waals surface area contributed by atoms with E-state index in [0.29, 0.717) is 12.8 Å². The molecule has 0 heterocycles. The van der Waals surface area contributed by atoms with Crippen molar-refractivity contribution in [1.29, 1.82) is 0 Å². The van der Waals surface area contributed by atoms with E-state index in [1.165, 1.54) is 89.9 Å². The van der Waals surface area contributed by atoms with Gasteiger partial charge >= 0.3 is 0 Å². The third-order valence-corrected chi connectivity index (χ3v) is 7.19. The molecular formula is C24H50O3S. The van der Waals surface area contributed by atoms with Crippen LogP contribution < -0.4 is 0 Å². The minimum absolute atomic E-state index is 0.553. The fourth-order valence-corrected chi connectivity index (χ4v) is 4.83. The van der Waals surface area contributed by atoms with Crippen molar-refractivity contribution < 1.29 is 14.8 Å². The second-order valence-corrected chi connectivity index (χ2v) is 10.2. The van der Waals surface area contributed by atoms with Crippen LogP contribution in [0, 0.1) is 0 Å². The fraction of sp³-hybridized carbons (Fsp3) is 1.00. The lowest BCUT2D eigenvalue weighted by Gasteiger charge is -2.21. The Kier molecular flexibility index (Phi) is 22.1. The van der Waals surface area contributed by atoms with Crippen molar-refractivity contribution in [3.05, 3.63) is 0 Å². The van der Waals surface area contributed by atoms with E-state index in [-0.39, 0.29) is 0 Å². The van der Waals surface area contributed by atoms with E-state index in [0.717, 1.165) is 25.7 Å². The van der Waals surface area contributed by atoms with E-state index < -0.39 is 22.0 Å². The molecule has 0 spiro atoms. The second kappa shape index (κ2) is 21.9. The van der Waals surface area contributed by atoms with Gasteiger partial charge < -0.3 is 14.8 Å². The van der Waals surface area contributed by atoms with E-state index >= 15 is 0 Å². The lowest BCUT2D eigenvalue weighted by Crippen LogP contribution is -2.32. The molecule has 2 unspecified atom stereocenters. The molecule has 0 rings (SSSR count). The molecule has 0 aliphatic carbocycles. The Morgan fingerprint density at radius 2 is 0.750 bits per heavy atom. The van der Waals surface area contributed by atoms with Gasteiger partial charge in [-0.2, -0.15) is 0 Å². The summed E-state index contributed by atoms with van der Waals surface area (Å²) in [5, 5.41) is 20.1. The molecule has 0 radical (unpaired) electrons. The van der Waals surface area contributed by atoms with Crippen LogP contribution in [0.1, 0.15) is 142 Å². The van der Waals surface area contributed by atoms with E-state index in [2.05, 4.69) is 13.8 Å². The maximum atomic E-state index is 12.2. The Bertz CT molecular complexity index is 274. The lowest BCUT2D eigenvalue weighted by atomic mass is 10.1. The van der Waals surface area contributed by atoms with Gasteiger partial charge in [0.1, 0.15) is 0 Å². The Balaban J connectivity index is 3.49. The van der Waals surface area contributed by atoms with E-state index in [1.54, 1.807) is 0 Å². The highest BCUT2D eigenvalue weighted by molar-refractivity contribution is 7.92. The van der Waals surface area contributed by atoms with Crippen molar-refractivity contribution in [2.75, 3.05) is 0 Å². The summed E-state index contributed by atoms with van der Waals surface area (Å²) in [6, 6.07) is 0. The first-order valence-electron chi connectivity index (χ1n) is 12.4. The molecular weight excluding hydrogens is 368 g/mol. The smallest absolute Gasteiger partial charge is 0.215 e. The van der Waals surface area contributed by atoms with Crippen LogP contribution in [0.5, 0.6) is 0 Å². The molecule has 2 atom stereocenters. The average molecular weight is 419 g/mol. The Hall–Kier alpha value is 0.230. The Morgan fingerprint density at radius 1 is 0.500 bits per heavy atom. The van der Waals surface area contributed by atoms with Crippen molar-refractivity contribution in [3.8, 4) is 0 Å². The molecule has 4 heteroatoms. The van der Waals surface area contributed by atoms with Gasteiger partial charge in [0.25, 0.3) is 0 Å². The maximum absolute atomic E-state index is 12.2. The van der Waals surface area contributed by atoms with Crippen LogP contribution in [-0.4, -0.2) is 25.6 Å². The van der Waals surface area contributed by atoms with Crippen LogP contribution in [0.3, 0.4) is 0 Å². The first-order chi connectivity index (χ1) is 13.6. The monoisotopic (exact) mass is 418 g/mol. The number of aliphatic hydroxyl groups is 2. The van der Waals surface area contributed by atoms with Crippen LogP contribution in [-0.2, 0) is 11.2 Å². The zero-order valence-electron chi connectivity index (χ0n) is 19.0. The SMILES string of the molecule is CCCCCCCCCCCC(O)[S+]([O-])C(O)CCCCCCCCCCC. The summed E-state index contributed by atoms with van der Waals surface area (Å²) in [5.74, 6) is 0. The van der Waals surface area contributed by atoms with Crippen molar-refractivity contribution in [2.45, 2.75) is 153 Å². The largest absolute Gasteiger partial charge is 0.612 e. The quantitative estimate of drug-likeness (QED) is 0.144. The summed E-state index contributed by atoms with van der Waals surface area (Å²) in [4.78, 5) is 0. The highest BCUT2D eigenvalue weighted by Gasteiger charge is 2.26. The van der Waals surface area contributed by atoms with Crippen LogP contribution in [0.2, 0.25) is 0 Å². The van der Waals surface area contributed by atoms with Gasteiger partial charge in [-0.05, 0) is 12.8 Å². The minimum Gasteiger partial charge on any atom is -0.612 e. The zero-order valence-corrected chi connectivity index (χ0v) is 19.8. The standard InChI is InChI=1S/C24H50O3S/c1-3-5-7-9-11-13-15-17-19-21-23(25)28(27)24(26)22-20-18-16-14-12-10-8-6-4-2/h23-26H,3-22H2,1-2H3. The first kappa shape index (κ1) is 28.2. The molecule has 3 nitrogen and oxygen atoms in total. The van der Waals surface area contributed by atoms with Gasteiger partial charge in [-0.15, -0.1) is 0 Å². The summed E-state index contributed by atoms with van der Waals surface area (Å²) < 4.78 is 12.2. The molecule has 28 heavy (non-hydrogen) atoms. The number of unbranched alkanes of at least 4 members (excludes halogenated alkanes) is 16. The molecule has 0 amide bonds. The van der Waals surface area contributed by atoms with Gasteiger partial charge in [0.2, 0.25) is 10.9 Å². The first-order valence-corrected chi connectivity index (χ1v) is 13.7. The summed E-state index contributed by atoms with van der Waals surface area (Å²) in [7, 11) is 0. The van der Waals surface area contributed by atoms with Gasteiger partial charge in [-0.25, -0.2) is 0 Å². The van der Waals surface area contributed by atoms with Crippen LogP contribution in [0.15, 0.2) is 0 Å².